The van der Waals surface area contributed by atoms with Crippen LogP contribution in [0.2, 0.25) is 0 Å². The van der Waals surface area contributed by atoms with E-state index in [4.69, 9.17) is 10.5 Å². The lowest BCUT2D eigenvalue weighted by Gasteiger charge is -2.31. The van der Waals surface area contributed by atoms with E-state index < -0.39 is 0 Å². The summed E-state index contributed by atoms with van der Waals surface area (Å²) in [5.74, 6) is -0.353. The Morgan fingerprint density at radius 1 is 1.35 bits per heavy atom. The van der Waals surface area contributed by atoms with Gasteiger partial charge in [-0.15, -0.1) is 0 Å². The van der Waals surface area contributed by atoms with Crippen molar-refractivity contribution in [2.75, 3.05) is 26.8 Å². The third kappa shape index (κ3) is 5.18. The maximum absolute atomic E-state index is 12.0. The van der Waals surface area contributed by atoms with Crippen LogP contribution in [0.4, 0.5) is 0 Å². The number of hydrogen-bond acceptors (Lipinski definition) is 3. The Labute approximate surface area is 158 Å². The van der Waals surface area contributed by atoms with Crippen LogP contribution in [0.25, 0.3) is 5.57 Å². The van der Waals surface area contributed by atoms with Crippen LogP contribution in [0.3, 0.4) is 0 Å². The molecule has 0 radical (unpaired) electrons. The molecular formula is C22H34N2O2. The molecule has 144 valence electrons. The highest BCUT2D eigenvalue weighted by atomic mass is 16.5. The minimum atomic E-state index is -0.353. The standard InChI is InChI=1S/C22H34N2O2/c1-21(2)10-8-16(9-11-21)19-14-17(6-7-18(19)20(23)25)22(3,4)15-24-12-13-26-5/h6-8,14,24H,9-13,15H2,1-5H3,(H2,23,25). The second-order valence-electron chi connectivity index (χ2n) is 8.78. The van der Waals surface area contributed by atoms with Gasteiger partial charge in [-0.1, -0.05) is 45.9 Å². The number of benzene rings is 1. The van der Waals surface area contributed by atoms with Crippen molar-refractivity contribution in [2.45, 2.75) is 52.4 Å². The van der Waals surface area contributed by atoms with Crippen molar-refractivity contribution < 1.29 is 9.53 Å². The number of hydrogen-bond donors (Lipinski definition) is 2. The summed E-state index contributed by atoms with van der Waals surface area (Å²) in [4.78, 5) is 12.0. The van der Waals surface area contributed by atoms with Crippen molar-refractivity contribution in [3.63, 3.8) is 0 Å². The first kappa shape index (κ1) is 20.7. The van der Waals surface area contributed by atoms with Crippen LogP contribution in [0.1, 0.15) is 68.4 Å². The molecule has 2 rings (SSSR count). The van der Waals surface area contributed by atoms with E-state index in [1.165, 1.54) is 11.1 Å². The predicted octanol–water partition coefficient (Wildman–Crippen LogP) is 3.89. The van der Waals surface area contributed by atoms with Gasteiger partial charge in [-0.05, 0) is 47.4 Å². The summed E-state index contributed by atoms with van der Waals surface area (Å²) in [5, 5.41) is 3.44. The van der Waals surface area contributed by atoms with Crippen LogP contribution < -0.4 is 11.1 Å². The quantitative estimate of drug-likeness (QED) is 0.693. The van der Waals surface area contributed by atoms with Crippen molar-refractivity contribution in [3.05, 3.63) is 41.0 Å². The zero-order valence-corrected chi connectivity index (χ0v) is 16.9. The number of ether oxygens (including phenoxy) is 1. The molecule has 26 heavy (non-hydrogen) atoms. The number of nitrogens with two attached hydrogens (primary N) is 1. The summed E-state index contributed by atoms with van der Waals surface area (Å²) in [6.07, 6.45) is 5.44. The van der Waals surface area contributed by atoms with E-state index in [1.54, 1.807) is 7.11 Å². The number of carbonyl (C=O) groups excluding carboxylic acids is 1. The highest BCUT2D eigenvalue weighted by molar-refractivity contribution is 5.98. The molecule has 3 N–H and O–H groups in total. The number of methoxy groups -OCH3 is 1. The fourth-order valence-corrected chi connectivity index (χ4v) is 3.44. The minimum Gasteiger partial charge on any atom is -0.383 e. The molecule has 0 aliphatic heterocycles. The second kappa shape index (κ2) is 8.36. The van der Waals surface area contributed by atoms with Gasteiger partial charge in [-0.3, -0.25) is 4.79 Å². The van der Waals surface area contributed by atoms with Gasteiger partial charge in [0.15, 0.2) is 0 Å². The van der Waals surface area contributed by atoms with Gasteiger partial charge in [0, 0.05) is 31.2 Å². The van der Waals surface area contributed by atoms with Crippen LogP contribution in [0, 0.1) is 5.41 Å². The first-order valence-electron chi connectivity index (χ1n) is 9.50. The number of carbonyl (C=O) groups is 1. The summed E-state index contributed by atoms with van der Waals surface area (Å²) in [5.41, 5.74) is 10.0. The van der Waals surface area contributed by atoms with Crippen molar-refractivity contribution in [1.82, 2.24) is 5.32 Å². The molecule has 1 aromatic rings. The summed E-state index contributed by atoms with van der Waals surface area (Å²) < 4.78 is 5.10. The molecule has 0 aromatic heterocycles. The number of amides is 1. The monoisotopic (exact) mass is 358 g/mol. The molecule has 1 aliphatic carbocycles. The van der Waals surface area contributed by atoms with Gasteiger partial charge in [-0.25, -0.2) is 0 Å². The molecule has 0 spiro atoms. The van der Waals surface area contributed by atoms with E-state index in [9.17, 15) is 4.79 Å². The lowest BCUT2D eigenvalue weighted by atomic mass is 9.75. The molecule has 1 aliphatic rings. The average molecular weight is 359 g/mol. The lowest BCUT2D eigenvalue weighted by Crippen LogP contribution is -2.34. The van der Waals surface area contributed by atoms with Gasteiger partial charge < -0.3 is 15.8 Å². The second-order valence-corrected chi connectivity index (χ2v) is 8.78. The fourth-order valence-electron chi connectivity index (χ4n) is 3.44. The zero-order chi connectivity index (χ0) is 19.4. The van der Waals surface area contributed by atoms with E-state index in [0.717, 1.165) is 37.9 Å². The van der Waals surface area contributed by atoms with E-state index >= 15 is 0 Å². The van der Waals surface area contributed by atoms with Crippen molar-refractivity contribution in [3.8, 4) is 0 Å². The van der Waals surface area contributed by atoms with Crippen LogP contribution in [-0.4, -0.2) is 32.7 Å². The van der Waals surface area contributed by atoms with Crippen LogP contribution >= 0.6 is 0 Å². The summed E-state index contributed by atoms with van der Waals surface area (Å²) in [6, 6.07) is 6.10. The molecule has 0 unspecified atom stereocenters. The topological polar surface area (TPSA) is 64.3 Å². The molecule has 1 aromatic carbocycles. The van der Waals surface area contributed by atoms with Gasteiger partial charge in [0.25, 0.3) is 0 Å². The Morgan fingerprint density at radius 3 is 2.65 bits per heavy atom. The fraction of sp³-hybridized carbons (Fsp3) is 0.591. The van der Waals surface area contributed by atoms with E-state index in [0.29, 0.717) is 17.6 Å². The number of rotatable bonds is 8. The van der Waals surface area contributed by atoms with Gasteiger partial charge in [0.1, 0.15) is 0 Å². The van der Waals surface area contributed by atoms with Crippen LogP contribution in [-0.2, 0) is 10.2 Å². The zero-order valence-electron chi connectivity index (χ0n) is 16.9. The molecule has 0 heterocycles. The number of primary amides is 1. The molecule has 4 nitrogen and oxygen atoms in total. The van der Waals surface area contributed by atoms with E-state index in [2.05, 4.69) is 45.2 Å². The van der Waals surface area contributed by atoms with Crippen LogP contribution in [0.15, 0.2) is 24.3 Å². The molecule has 0 saturated heterocycles. The van der Waals surface area contributed by atoms with Crippen molar-refractivity contribution in [2.24, 2.45) is 11.1 Å². The summed E-state index contributed by atoms with van der Waals surface area (Å²) in [6.45, 7) is 11.4. The van der Waals surface area contributed by atoms with Gasteiger partial charge >= 0.3 is 0 Å². The maximum atomic E-state index is 12.0. The molecule has 0 saturated carbocycles. The Kier molecular flexibility index (Phi) is 6.64. The minimum absolute atomic E-state index is 0.0484. The number of allylic oxidation sites excluding steroid dienone is 2. The Morgan fingerprint density at radius 2 is 2.08 bits per heavy atom. The third-order valence-corrected chi connectivity index (χ3v) is 5.43. The highest BCUT2D eigenvalue weighted by Crippen LogP contribution is 2.39. The van der Waals surface area contributed by atoms with Gasteiger partial charge in [0.05, 0.1) is 6.61 Å². The molecule has 0 bridgehead atoms. The predicted molar refractivity (Wildman–Crippen MR) is 108 cm³/mol. The van der Waals surface area contributed by atoms with Crippen LogP contribution in [0.5, 0.6) is 0 Å². The highest BCUT2D eigenvalue weighted by Gasteiger charge is 2.26. The molecule has 0 fully saturated rings. The molecular weight excluding hydrogens is 324 g/mol. The Hall–Kier alpha value is -1.65. The molecule has 1 amide bonds. The maximum Gasteiger partial charge on any atom is 0.249 e. The average Bonchev–Trinajstić information content (AvgIpc) is 2.58. The first-order chi connectivity index (χ1) is 12.2. The largest absolute Gasteiger partial charge is 0.383 e. The number of nitrogens with one attached hydrogen (secondary N) is 1. The van der Waals surface area contributed by atoms with Gasteiger partial charge in [0.2, 0.25) is 5.91 Å². The van der Waals surface area contributed by atoms with Gasteiger partial charge in [-0.2, -0.15) is 0 Å². The Balaban J connectivity index is 2.31. The van der Waals surface area contributed by atoms with E-state index in [1.807, 2.05) is 12.1 Å². The first-order valence-corrected chi connectivity index (χ1v) is 9.50. The smallest absolute Gasteiger partial charge is 0.249 e. The summed E-state index contributed by atoms with van der Waals surface area (Å²) in [7, 11) is 1.71. The van der Waals surface area contributed by atoms with Crippen molar-refractivity contribution in [1.29, 1.82) is 0 Å². The SMILES string of the molecule is COCCNCC(C)(C)c1ccc(C(N)=O)c(C2=CCC(C)(C)CC2)c1. The normalized spacial score (nSPS) is 17.0. The summed E-state index contributed by atoms with van der Waals surface area (Å²) >= 11 is 0. The third-order valence-electron chi connectivity index (χ3n) is 5.43. The Bertz CT molecular complexity index is 675. The molecule has 4 heteroatoms. The lowest BCUT2D eigenvalue weighted by molar-refractivity contribution is 0.1000. The molecule has 0 atom stereocenters. The van der Waals surface area contributed by atoms with E-state index in [-0.39, 0.29) is 11.3 Å². The van der Waals surface area contributed by atoms with Crippen molar-refractivity contribution >= 4 is 11.5 Å².